The van der Waals surface area contributed by atoms with Gasteiger partial charge in [0.1, 0.15) is 0 Å². The molecular formula is C8H7N3OS. The van der Waals surface area contributed by atoms with E-state index in [1.807, 2.05) is 12.1 Å². The lowest BCUT2D eigenvalue weighted by molar-refractivity contribution is -0.116. The van der Waals surface area contributed by atoms with Crippen molar-refractivity contribution in [2.45, 2.75) is 0 Å². The molecule has 0 bridgehead atoms. The molecule has 4 nitrogen and oxygen atoms in total. The monoisotopic (exact) mass is 193 g/mol. The molecule has 0 atom stereocenters. The molecule has 2 rings (SSSR count). The van der Waals surface area contributed by atoms with E-state index < -0.39 is 0 Å². The van der Waals surface area contributed by atoms with Gasteiger partial charge in [-0.15, -0.1) is 0 Å². The third kappa shape index (κ3) is 2.06. The Kier molecular flexibility index (Phi) is 2.27. The van der Waals surface area contributed by atoms with Crippen LogP contribution in [0.15, 0.2) is 29.4 Å². The van der Waals surface area contributed by atoms with E-state index in [4.69, 9.17) is 0 Å². The fourth-order valence-corrected chi connectivity index (χ4v) is 1.59. The number of carbonyl (C=O) groups is 1. The van der Waals surface area contributed by atoms with Crippen LogP contribution in [0.4, 0.5) is 5.82 Å². The number of thioether (sulfide) groups is 1. The fraction of sp³-hybridized carbons (Fsp3) is 0.125. The molecular weight excluding hydrogens is 186 g/mol. The van der Waals surface area contributed by atoms with Crippen LogP contribution < -0.4 is 5.32 Å². The molecule has 1 aromatic rings. The molecule has 0 unspecified atom stereocenters. The summed E-state index contributed by atoms with van der Waals surface area (Å²) in [6.07, 6.45) is 1.67. The lowest BCUT2D eigenvalue weighted by atomic mass is 10.5. The number of amides is 1. The first-order valence-electron chi connectivity index (χ1n) is 3.77. The van der Waals surface area contributed by atoms with Crippen LogP contribution in [0.25, 0.3) is 0 Å². The van der Waals surface area contributed by atoms with Crippen molar-refractivity contribution >= 4 is 28.7 Å². The van der Waals surface area contributed by atoms with Gasteiger partial charge in [-0.05, 0) is 12.1 Å². The van der Waals surface area contributed by atoms with Gasteiger partial charge in [0.2, 0.25) is 5.91 Å². The van der Waals surface area contributed by atoms with Crippen molar-refractivity contribution in [2.24, 2.45) is 4.99 Å². The van der Waals surface area contributed by atoms with Gasteiger partial charge in [0.25, 0.3) is 0 Å². The maximum atomic E-state index is 10.8. The van der Waals surface area contributed by atoms with Crippen molar-refractivity contribution in [3.63, 3.8) is 0 Å². The number of amidine groups is 1. The molecule has 0 aromatic carbocycles. The summed E-state index contributed by atoms with van der Waals surface area (Å²) in [5.41, 5.74) is 0. The number of aromatic nitrogens is 1. The van der Waals surface area contributed by atoms with Crippen molar-refractivity contribution in [1.82, 2.24) is 10.3 Å². The van der Waals surface area contributed by atoms with Gasteiger partial charge < -0.3 is 5.32 Å². The number of hydrogen-bond donors (Lipinski definition) is 1. The van der Waals surface area contributed by atoms with Crippen LogP contribution >= 0.6 is 11.8 Å². The average Bonchev–Trinajstić information content (AvgIpc) is 2.53. The van der Waals surface area contributed by atoms with Gasteiger partial charge in [-0.1, -0.05) is 17.8 Å². The highest BCUT2D eigenvalue weighted by Gasteiger charge is 2.16. The van der Waals surface area contributed by atoms with E-state index in [0.29, 0.717) is 16.7 Å². The minimum absolute atomic E-state index is 0.000295. The van der Waals surface area contributed by atoms with Gasteiger partial charge in [0.05, 0.1) is 5.75 Å². The Morgan fingerprint density at radius 3 is 3.08 bits per heavy atom. The number of rotatable bonds is 1. The molecule has 2 heterocycles. The smallest absolute Gasteiger partial charge is 0.236 e. The SMILES string of the molecule is O=C1CS/C(=N/c2ccccn2)N1. The Bertz CT molecular complexity index is 350. The Balaban J connectivity index is 2.17. The maximum Gasteiger partial charge on any atom is 0.236 e. The summed E-state index contributed by atoms with van der Waals surface area (Å²) < 4.78 is 0. The minimum atomic E-state index is -0.000295. The second-order valence-corrected chi connectivity index (χ2v) is 3.41. The maximum absolute atomic E-state index is 10.8. The van der Waals surface area contributed by atoms with Crippen molar-refractivity contribution in [3.8, 4) is 0 Å². The molecule has 1 saturated heterocycles. The molecule has 66 valence electrons. The highest BCUT2D eigenvalue weighted by molar-refractivity contribution is 8.15. The van der Waals surface area contributed by atoms with E-state index in [1.54, 1.807) is 12.3 Å². The molecule has 13 heavy (non-hydrogen) atoms. The summed E-state index contributed by atoms with van der Waals surface area (Å²) in [7, 11) is 0. The number of hydrogen-bond acceptors (Lipinski definition) is 4. The van der Waals surface area contributed by atoms with E-state index in [0.717, 1.165) is 0 Å². The van der Waals surface area contributed by atoms with Crippen molar-refractivity contribution in [1.29, 1.82) is 0 Å². The Morgan fingerprint density at radius 1 is 1.54 bits per heavy atom. The zero-order valence-corrected chi connectivity index (χ0v) is 7.54. The third-order valence-corrected chi connectivity index (χ3v) is 2.33. The normalized spacial score (nSPS) is 19.1. The molecule has 1 amide bonds. The number of carbonyl (C=O) groups excluding carboxylic acids is 1. The predicted molar refractivity (Wildman–Crippen MR) is 51.9 cm³/mol. The van der Waals surface area contributed by atoms with Crippen LogP contribution in [-0.4, -0.2) is 21.8 Å². The van der Waals surface area contributed by atoms with E-state index in [9.17, 15) is 4.79 Å². The molecule has 0 saturated carbocycles. The highest BCUT2D eigenvalue weighted by Crippen LogP contribution is 2.14. The van der Waals surface area contributed by atoms with Crippen LogP contribution in [0.5, 0.6) is 0 Å². The number of aliphatic imine (C=N–C) groups is 1. The predicted octanol–water partition coefficient (Wildman–Crippen LogP) is 0.932. The van der Waals surface area contributed by atoms with Crippen LogP contribution in [0, 0.1) is 0 Å². The van der Waals surface area contributed by atoms with Gasteiger partial charge in [0, 0.05) is 6.20 Å². The van der Waals surface area contributed by atoms with Crippen LogP contribution in [0.1, 0.15) is 0 Å². The molecule has 1 aromatic heterocycles. The van der Waals surface area contributed by atoms with Gasteiger partial charge in [-0.25, -0.2) is 9.98 Å². The van der Waals surface area contributed by atoms with Crippen molar-refractivity contribution in [2.75, 3.05) is 5.75 Å². The molecule has 0 aliphatic carbocycles. The summed E-state index contributed by atoms with van der Waals surface area (Å²) in [4.78, 5) is 19.0. The molecule has 1 aliphatic heterocycles. The molecule has 5 heteroatoms. The minimum Gasteiger partial charge on any atom is -0.304 e. The Morgan fingerprint density at radius 2 is 2.46 bits per heavy atom. The van der Waals surface area contributed by atoms with Gasteiger partial charge in [0.15, 0.2) is 11.0 Å². The Labute approximate surface area is 79.5 Å². The third-order valence-electron chi connectivity index (χ3n) is 1.45. The summed E-state index contributed by atoms with van der Waals surface area (Å²) >= 11 is 1.39. The standard InChI is InChI=1S/C8H7N3OS/c12-7-5-13-8(11-7)10-6-3-1-2-4-9-6/h1-4H,5H2,(H,9,10,11,12). The quantitative estimate of drug-likeness (QED) is 0.722. The van der Waals surface area contributed by atoms with Crippen LogP contribution in [-0.2, 0) is 4.79 Å². The number of nitrogens with zero attached hydrogens (tertiary/aromatic N) is 2. The summed E-state index contributed by atoms with van der Waals surface area (Å²) in [6, 6.07) is 5.47. The molecule has 1 N–H and O–H groups in total. The highest BCUT2D eigenvalue weighted by atomic mass is 32.2. The molecule has 0 radical (unpaired) electrons. The van der Waals surface area contributed by atoms with Gasteiger partial charge >= 0.3 is 0 Å². The van der Waals surface area contributed by atoms with Gasteiger partial charge in [-0.3, -0.25) is 4.79 Å². The second kappa shape index (κ2) is 3.57. The zero-order valence-electron chi connectivity index (χ0n) is 6.73. The number of pyridine rings is 1. The lowest BCUT2D eigenvalue weighted by Gasteiger charge is -1.94. The summed E-state index contributed by atoms with van der Waals surface area (Å²) in [6.45, 7) is 0. The lowest BCUT2D eigenvalue weighted by Crippen LogP contribution is -2.19. The summed E-state index contributed by atoms with van der Waals surface area (Å²) in [5, 5.41) is 3.26. The van der Waals surface area contributed by atoms with E-state index in [2.05, 4.69) is 15.3 Å². The van der Waals surface area contributed by atoms with Crippen LogP contribution in [0.3, 0.4) is 0 Å². The zero-order chi connectivity index (χ0) is 9.10. The first kappa shape index (κ1) is 8.25. The molecule has 1 aliphatic rings. The van der Waals surface area contributed by atoms with E-state index >= 15 is 0 Å². The molecule has 0 spiro atoms. The average molecular weight is 193 g/mol. The first-order chi connectivity index (χ1) is 6.34. The van der Waals surface area contributed by atoms with Crippen LogP contribution in [0.2, 0.25) is 0 Å². The topological polar surface area (TPSA) is 54.4 Å². The Hall–Kier alpha value is -1.36. The van der Waals surface area contributed by atoms with Crippen molar-refractivity contribution in [3.05, 3.63) is 24.4 Å². The number of nitrogens with one attached hydrogen (secondary N) is 1. The van der Waals surface area contributed by atoms with Gasteiger partial charge in [-0.2, -0.15) is 0 Å². The summed E-state index contributed by atoms with van der Waals surface area (Å²) in [5.74, 6) is 1.07. The molecule has 1 fully saturated rings. The second-order valence-electron chi connectivity index (χ2n) is 2.44. The first-order valence-corrected chi connectivity index (χ1v) is 4.75. The van der Waals surface area contributed by atoms with E-state index in [-0.39, 0.29) is 5.91 Å². The van der Waals surface area contributed by atoms with E-state index in [1.165, 1.54) is 11.8 Å². The largest absolute Gasteiger partial charge is 0.304 e. The van der Waals surface area contributed by atoms with Crippen molar-refractivity contribution < 1.29 is 4.79 Å². The fourth-order valence-electron chi connectivity index (χ4n) is 0.909.